The molecule has 4 rings (SSSR count). The van der Waals surface area contributed by atoms with E-state index in [-0.39, 0.29) is 17.8 Å². The van der Waals surface area contributed by atoms with Crippen LogP contribution < -0.4 is 5.32 Å². The number of nitrogens with one attached hydrogen (secondary N) is 1. The molecule has 3 aromatic rings. The van der Waals surface area contributed by atoms with Gasteiger partial charge in [-0.2, -0.15) is 0 Å². The minimum absolute atomic E-state index is 0.228. The second-order valence-electron chi connectivity index (χ2n) is 11.3. The minimum Gasteiger partial charge on any atom is -0.469 e. The number of benzene rings is 2. The fourth-order valence-corrected chi connectivity index (χ4v) is 5.74. The van der Waals surface area contributed by atoms with E-state index in [0.29, 0.717) is 17.9 Å². The molecule has 1 N–H and O–H groups in total. The van der Waals surface area contributed by atoms with Crippen LogP contribution in [0.5, 0.6) is 0 Å². The number of anilines is 2. The summed E-state index contributed by atoms with van der Waals surface area (Å²) >= 11 is 0. The number of esters is 1. The summed E-state index contributed by atoms with van der Waals surface area (Å²) in [4.78, 5) is 17.0. The van der Waals surface area contributed by atoms with E-state index in [9.17, 15) is 4.79 Å². The van der Waals surface area contributed by atoms with E-state index >= 15 is 0 Å². The monoisotopic (exact) mass is 461 g/mol. The van der Waals surface area contributed by atoms with Crippen LogP contribution in [0.1, 0.15) is 82.5 Å². The quantitative estimate of drug-likeness (QED) is 0.391. The molecule has 1 aliphatic carbocycles. The van der Waals surface area contributed by atoms with Crippen molar-refractivity contribution in [1.29, 1.82) is 0 Å². The Kier molecular flexibility index (Phi) is 6.75. The minimum atomic E-state index is -0.228. The molecule has 0 spiro atoms. The first kappa shape index (κ1) is 24.3. The van der Waals surface area contributed by atoms with Gasteiger partial charge in [-0.05, 0) is 84.4 Å². The zero-order valence-electron chi connectivity index (χ0n) is 21.7. The molecule has 0 amide bonds. The van der Waals surface area contributed by atoms with Gasteiger partial charge in [-0.3, -0.25) is 4.79 Å². The lowest BCUT2D eigenvalue weighted by atomic mass is 9.70. The lowest BCUT2D eigenvalue weighted by Gasteiger charge is -2.40. The van der Waals surface area contributed by atoms with Gasteiger partial charge in [0.05, 0.1) is 24.6 Å². The maximum absolute atomic E-state index is 12.0. The predicted molar refractivity (Wildman–Crippen MR) is 140 cm³/mol. The summed E-state index contributed by atoms with van der Waals surface area (Å²) in [5.74, 6) is 1.80. The van der Waals surface area contributed by atoms with E-state index in [1.54, 1.807) is 0 Å². The molecule has 5 nitrogen and oxygen atoms in total. The molecule has 1 saturated carbocycles. The van der Waals surface area contributed by atoms with Crippen LogP contribution in [0.2, 0.25) is 0 Å². The fourth-order valence-electron chi connectivity index (χ4n) is 5.74. The average molecular weight is 462 g/mol. The summed E-state index contributed by atoms with van der Waals surface area (Å²) in [6, 6.07) is 13.3. The summed E-state index contributed by atoms with van der Waals surface area (Å²) in [6.45, 7) is 13.6. The molecule has 1 aromatic heterocycles. The van der Waals surface area contributed by atoms with Gasteiger partial charge < -0.3 is 14.6 Å². The fraction of sp³-hybridized carbons (Fsp3) is 0.517. The van der Waals surface area contributed by atoms with Crippen LogP contribution in [0.4, 0.5) is 11.6 Å². The van der Waals surface area contributed by atoms with Crippen molar-refractivity contribution in [2.75, 3.05) is 12.4 Å². The van der Waals surface area contributed by atoms with Crippen LogP contribution in [0.3, 0.4) is 0 Å². The lowest BCUT2D eigenvalue weighted by Crippen LogP contribution is -2.29. The highest BCUT2D eigenvalue weighted by Gasteiger charge is 2.34. The molecule has 0 bridgehead atoms. The lowest BCUT2D eigenvalue weighted by molar-refractivity contribution is -0.139. The molecule has 2 atom stereocenters. The van der Waals surface area contributed by atoms with Gasteiger partial charge >= 0.3 is 5.97 Å². The molecule has 1 aliphatic rings. The van der Waals surface area contributed by atoms with Crippen LogP contribution in [0, 0.1) is 18.3 Å². The van der Waals surface area contributed by atoms with Gasteiger partial charge in [0, 0.05) is 11.7 Å². The summed E-state index contributed by atoms with van der Waals surface area (Å²) in [6.07, 6.45) is 3.77. The molecular weight excluding hydrogens is 422 g/mol. The Bertz CT molecular complexity index is 1170. The molecule has 0 saturated heterocycles. The Morgan fingerprint density at radius 3 is 2.53 bits per heavy atom. The number of ether oxygens (including phenoxy) is 1. The number of hydrogen-bond acceptors (Lipinski definition) is 4. The van der Waals surface area contributed by atoms with Gasteiger partial charge in [-0.15, -0.1) is 0 Å². The van der Waals surface area contributed by atoms with Crippen molar-refractivity contribution in [3.05, 3.63) is 53.1 Å². The molecule has 0 radical (unpaired) electrons. The first-order valence-electron chi connectivity index (χ1n) is 12.5. The third-order valence-electron chi connectivity index (χ3n) is 7.27. The number of hydrogen-bond donors (Lipinski definition) is 1. The molecule has 1 heterocycles. The van der Waals surface area contributed by atoms with Gasteiger partial charge in [0.2, 0.25) is 5.95 Å². The summed E-state index contributed by atoms with van der Waals surface area (Å²) in [7, 11) is 1.43. The van der Waals surface area contributed by atoms with Crippen LogP contribution in [0.15, 0.2) is 36.4 Å². The first-order valence-corrected chi connectivity index (χ1v) is 12.5. The maximum Gasteiger partial charge on any atom is 0.309 e. The topological polar surface area (TPSA) is 56.1 Å². The number of imidazole rings is 1. The third kappa shape index (κ3) is 5.13. The number of carbonyl (C=O) groups is 1. The van der Waals surface area contributed by atoms with Crippen molar-refractivity contribution < 1.29 is 9.53 Å². The molecule has 182 valence electrons. The van der Waals surface area contributed by atoms with E-state index in [0.717, 1.165) is 46.6 Å². The highest BCUT2D eigenvalue weighted by molar-refractivity contribution is 5.83. The number of carbonyl (C=O) groups excluding carboxylic acids is 1. The number of nitrogens with zero attached hydrogens (tertiary/aromatic N) is 2. The highest BCUT2D eigenvalue weighted by Crippen LogP contribution is 2.46. The maximum atomic E-state index is 12.0. The van der Waals surface area contributed by atoms with Gasteiger partial charge in [-0.1, -0.05) is 46.8 Å². The van der Waals surface area contributed by atoms with Crippen molar-refractivity contribution in [3.63, 3.8) is 0 Å². The molecule has 34 heavy (non-hydrogen) atoms. The number of aryl methyl sites for hydroxylation is 1. The first-order chi connectivity index (χ1) is 16.1. The van der Waals surface area contributed by atoms with E-state index in [1.807, 2.05) is 0 Å². The normalized spacial score (nSPS) is 20.0. The summed E-state index contributed by atoms with van der Waals surface area (Å²) in [5, 5.41) is 3.62. The zero-order valence-corrected chi connectivity index (χ0v) is 21.7. The van der Waals surface area contributed by atoms with E-state index in [4.69, 9.17) is 9.72 Å². The SMILES string of the molecule is COC(=O)Cc1cc2nc(Nc3ccc(C(C)C)cc3)n(C3CC(C)CC(C)(C)C3)c2cc1C. The Morgan fingerprint density at radius 1 is 1.21 bits per heavy atom. The van der Waals surface area contributed by atoms with Gasteiger partial charge in [0.25, 0.3) is 0 Å². The van der Waals surface area contributed by atoms with Crippen LogP contribution >= 0.6 is 0 Å². The van der Waals surface area contributed by atoms with Crippen molar-refractivity contribution in [2.24, 2.45) is 11.3 Å². The molecular formula is C29H39N3O2. The molecule has 0 aliphatic heterocycles. The number of fused-ring (bicyclic) bond motifs is 1. The van der Waals surface area contributed by atoms with Gasteiger partial charge in [-0.25, -0.2) is 4.98 Å². The number of aromatic nitrogens is 2. The summed E-state index contributed by atoms with van der Waals surface area (Å²) < 4.78 is 7.32. The van der Waals surface area contributed by atoms with Crippen LogP contribution in [-0.2, 0) is 16.0 Å². The Labute approximate surface area is 203 Å². The van der Waals surface area contributed by atoms with Crippen LogP contribution in [-0.4, -0.2) is 22.6 Å². The van der Waals surface area contributed by atoms with Crippen molar-refractivity contribution in [3.8, 4) is 0 Å². The van der Waals surface area contributed by atoms with Crippen molar-refractivity contribution >= 4 is 28.6 Å². The average Bonchev–Trinajstić information content (AvgIpc) is 3.09. The van der Waals surface area contributed by atoms with Crippen LogP contribution in [0.25, 0.3) is 11.0 Å². The molecule has 2 unspecified atom stereocenters. The summed E-state index contributed by atoms with van der Waals surface area (Å²) in [5.41, 5.74) is 6.75. The van der Waals surface area contributed by atoms with Crippen molar-refractivity contribution in [1.82, 2.24) is 9.55 Å². The Morgan fingerprint density at radius 2 is 1.91 bits per heavy atom. The van der Waals surface area contributed by atoms with Gasteiger partial charge in [0.1, 0.15) is 0 Å². The second-order valence-corrected chi connectivity index (χ2v) is 11.3. The Balaban J connectivity index is 1.80. The Hall–Kier alpha value is -2.82. The highest BCUT2D eigenvalue weighted by atomic mass is 16.5. The predicted octanol–water partition coefficient (Wildman–Crippen LogP) is 7.31. The largest absolute Gasteiger partial charge is 0.469 e. The van der Waals surface area contributed by atoms with E-state index in [1.165, 1.54) is 19.1 Å². The second kappa shape index (κ2) is 9.44. The number of methoxy groups -OCH3 is 1. The standard InChI is InChI=1S/C29H39N3O2/c1-18(2)21-8-10-23(11-9-21)30-28-31-25-14-22(15-27(33)34-7)20(4)13-26(25)32(28)24-12-19(3)16-29(5,6)17-24/h8-11,13-14,18-19,24H,12,15-17H2,1-7H3,(H,30,31). The number of rotatable bonds is 6. The third-order valence-corrected chi connectivity index (χ3v) is 7.27. The van der Waals surface area contributed by atoms with E-state index in [2.05, 4.69) is 87.8 Å². The zero-order chi connectivity index (χ0) is 24.6. The van der Waals surface area contributed by atoms with E-state index < -0.39 is 0 Å². The van der Waals surface area contributed by atoms with Gasteiger partial charge in [0.15, 0.2) is 0 Å². The van der Waals surface area contributed by atoms with Crippen molar-refractivity contribution in [2.45, 2.75) is 79.2 Å². The molecule has 1 fully saturated rings. The smallest absolute Gasteiger partial charge is 0.309 e. The molecule has 2 aromatic carbocycles. The molecule has 5 heteroatoms.